The maximum Gasteiger partial charge on any atom is 0.251 e. The number of nitrogens with zero attached hydrogens (tertiary/aromatic N) is 1. The number of hydrogen-bond acceptors (Lipinski definition) is 3. The molecule has 0 atom stereocenters. The fourth-order valence-electron chi connectivity index (χ4n) is 3.77. The van der Waals surface area contributed by atoms with Crippen LogP contribution in [0.15, 0.2) is 72.8 Å². The van der Waals surface area contributed by atoms with Gasteiger partial charge in [-0.05, 0) is 59.9 Å². The lowest BCUT2D eigenvalue weighted by Crippen LogP contribution is -2.31. The summed E-state index contributed by atoms with van der Waals surface area (Å²) in [5.74, 6) is 0.813. The average Bonchev–Trinajstić information content (AvgIpc) is 2.79. The van der Waals surface area contributed by atoms with E-state index in [1.54, 1.807) is 7.11 Å². The highest BCUT2D eigenvalue weighted by atomic mass is 16.5. The number of carbonyl (C=O) groups is 1. The van der Waals surface area contributed by atoms with Crippen LogP contribution in [-0.2, 0) is 19.4 Å². The lowest BCUT2D eigenvalue weighted by Gasteiger charge is -2.31. The van der Waals surface area contributed by atoms with Gasteiger partial charge in [-0.1, -0.05) is 42.5 Å². The molecule has 0 aromatic heterocycles. The number of nitrogens with one attached hydrogen (secondary N) is 1. The molecule has 4 heteroatoms. The van der Waals surface area contributed by atoms with E-state index in [-0.39, 0.29) is 5.91 Å². The zero-order valence-corrected chi connectivity index (χ0v) is 16.7. The molecule has 29 heavy (non-hydrogen) atoms. The molecule has 0 fully saturated rings. The molecule has 0 radical (unpaired) electrons. The Labute approximate surface area is 172 Å². The highest BCUT2D eigenvalue weighted by Crippen LogP contribution is 2.25. The Hall–Kier alpha value is -3.27. The SMILES string of the molecule is COc1ccc(CCNC(=O)c2cccc(N3CCc4ccccc4C3)c2)cc1. The second kappa shape index (κ2) is 8.82. The molecular formula is C25H26N2O2. The Morgan fingerprint density at radius 3 is 2.59 bits per heavy atom. The van der Waals surface area contributed by atoms with Gasteiger partial charge in [0.25, 0.3) is 5.91 Å². The maximum atomic E-state index is 12.6. The summed E-state index contributed by atoms with van der Waals surface area (Å²) in [4.78, 5) is 15.0. The van der Waals surface area contributed by atoms with E-state index in [0.29, 0.717) is 12.1 Å². The molecule has 3 aromatic carbocycles. The number of amides is 1. The van der Waals surface area contributed by atoms with Gasteiger partial charge in [-0.3, -0.25) is 4.79 Å². The molecule has 1 aliphatic heterocycles. The number of methoxy groups -OCH3 is 1. The van der Waals surface area contributed by atoms with Gasteiger partial charge < -0.3 is 15.0 Å². The number of hydrogen-bond donors (Lipinski definition) is 1. The Kier molecular flexibility index (Phi) is 5.80. The first-order valence-electron chi connectivity index (χ1n) is 10.1. The number of benzene rings is 3. The zero-order valence-electron chi connectivity index (χ0n) is 16.7. The fraction of sp³-hybridized carbons (Fsp3) is 0.240. The molecule has 3 aromatic rings. The number of anilines is 1. The molecule has 4 rings (SSSR count). The number of fused-ring (bicyclic) bond motifs is 1. The smallest absolute Gasteiger partial charge is 0.251 e. The van der Waals surface area contributed by atoms with Crippen molar-refractivity contribution in [3.05, 3.63) is 95.1 Å². The molecule has 1 N–H and O–H groups in total. The Morgan fingerprint density at radius 2 is 1.79 bits per heavy atom. The summed E-state index contributed by atoms with van der Waals surface area (Å²) in [6.45, 7) is 2.46. The van der Waals surface area contributed by atoms with E-state index in [0.717, 1.165) is 37.4 Å². The van der Waals surface area contributed by atoms with E-state index < -0.39 is 0 Å². The van der Waals surface area contributed by atoms with Crippen molar-refractivity contribution in [1.82, 2.24) is 5.32 Å². The molecule has 0 saturated heterocycles. The first-order chi connectivity index (χ1) is 14.2. The zero-order chi connectivity index (χ0) is 20.1. The van der Waals surface area contributed by atoms with E-state index in [9.17, 15) is 4.79 Å². The van der Waals surface area contributed by atoms with E-state index in [1.165, 1.54) is 16.7 Å². The van der Waals surface area contributed by atoms with E-state index in [4.69, 9.17) is 4.74 Å². The second-order valence-electron chi connectivity index (χ2n) is 7.34. The molecule has 0 spiro atoms. The van der Waals surface area contributed by atoms with Gasteiger partial charge in [0.05, 0.1) is 7.11 Å². The molecular weight excluding hydrogens is 360 g/mol. The van der Waals surface area contributed by atoms with Gasteiger partial charge >= 0.3 is 0 Å². The number of rotatable bonds is 6. The van der Waals surface area contributed by atoms with Crippen LogP contribution in [0.4, 0.5) is 5.69 Å². The molecule has 0 bridgehead atoms. The minimum Gasteiger partial charge on any atom is -0.497 e. The fourth-order valence-corrected chi connectivity index (χ4v) is 3.77. The summed E-state index contributed by atoms with van der Waals surface area (Å²) in [6.07, 6.45) is 1.83. The summed E-state index contributed by atoms with van der Waals surface area (Å²) < 4.78 is 5.18. The number of ether oxygens (including phenoxy) is 1. The van der Waals surface area contributed by atoms with Crippen molar-refractivity contribution in [2.24, 2.45) is 0 Å². The quantitative estimate of drug-likeness (QED) is 0.689. The van der Waals surface area contributed by atoms with Crippen LogP contribution in [0.25, 0.3) is 0 Å². The summed E-state index contributed by atoms with van der Waals surface area (Å²) >= 11 is 0. The van der Waals surface area contributed by atoms with Gasteiger partial charge in [0.1, 0.15) is 5.75 Å². The first kappa shape index (κ1) is 19.1. The Bertz CT molecular complexity index is 982. The van der Waals surface area contributed by atoms with Crippen LogP contribution in [0.2, 0.25) is 0 Å². The molecule has 148 valence electrons. The second-order valence-corrected chi connectivity index (χ2v) is 7.34. The molecule has 0 aliphatic carbocycles. The van der Waals surface area contributed by atoms with Crippen molar-refractivity contribution in [1.29, 1.82) is 0 Å². The molecule has 0 unspecified atom stereocenters. The monoisotopic (exact) mass is 386 g/mol. The molecule has 1 aliphatic rings. The van der Waals surface area contributed by atoms with Crippen LogP contribution in [0.3, 0.4) is 0 Å². The summed E-state index contributed by atoms with van der Waals surface area (Å²) in [7, 11) is 1.66. The molecule has 0 saturated carbocycles. The van der Waals surface area contributed by atoms with Gasteiger partial charge in [-0.15, -0.1) is 0 Å². The van der Waals surface area contributed by atoms with Crippen molar-refractivity contribution >= 4 is 11.6 Å². The predicted molar refractivity (Wildman–Crippen MR) is 117 cm³/mol. The van der Waals surface area contributed by atoms with Crippen LogP contribution < -0.4 is 15.0 Å². The van der Waals surface area contributed by atoms with E-state index >= 15 is 0 Å². The molecule has 1 heterocycles. The van der Waals surface area contributed by atoms with Crippen LogP contribution in [0.1, 0.15) is 27.0 Å². The first-order valence-corrected chi connectivity index (χ1v) is 10.1. The summed E-state index contributed by atoms with van der Waals surface area (Å²) in [5, 5.41) is 3.03. The summed E-state index contributed by atoms with van der Waals surface area (Å²) in [5.41, 5.74) is 5.77. The highest BCUT2D eigenvalue weighted by molar-refractivity contribution is 5.95. The number of carbonyl (C=O) groups excluding carboxylic acids is 1. The van der Waals surface area contributed by atoms with Gasteiger partial charge in [0, 0.05) is 30.9 Å². The highest BCUT2D eigenvalue weighted by Gasteiger charge is 2.17. The maximum absolute atomic E-state index is 12.6. The average molecular weight is 386 g/mol. The Balaban J connectivity index is 1.36. The third-order valence-electron chi connectivity index (χ3n) is 5.46. The van der Waals surface area contributed by atoms with Crippen molar-refractivity contribution in [2.75, 3.05) is 25.1 Å². The van der Waals surface area contributed by atoms with Gasteiger partial charge in [-0.2, -0.15) is 0 Å². The van der Waals surface area contributed by atoms with Crippen molar-refractivity contribution in [3.8, 4) is 5.75 Å². The van der Waals surface area contributed by atoms with Gasteiger partial charge in [0.15, 0.2) is 0 Å². The topological polar surface area (TPSA) is 41.6 Å². The minimum absolute atomic E-state index is 0.0298. The standard InChI is InChI=1S/C25H26N2O2/c1-29-24-11-9-19(10-12-24)13-15-26-25(28)21-7-4-8-23(17-21)27-16-14-20-5-2-3-6-22(20)18-27/h2-12,17H,13-16,18H2,1H3,(H,26,28). The summed E-state index contributed by atoms with van der Waals surface area (Å²) in [6, 6.07) is 24.5. The molecule has 1 amide bonds. The van der Waals surface area contributed by atoms with Crippen LogP contribution in [0, 0.1) is 0 Å². The Morgan fingerprint density at radius 1 is 1.00 bits per heavy atom. The van der Waals surface area contributed by atoms with Crippen LogP contribution in [0.5, 0.6) is 5.75 Å². The van der Waals surface area contributed by atoms with Crippen molar-refractivity contribution < 1.29 is 9.53 Å². The lowest BCUT2D eigenvalue weighted by atomic mass is 9.99. The van der Waals surface area contributed by atoms with Gasteiger partial charge in [-0.25, -0.2) is 0 Å². The van der Waals surface area contributed by atoms with E-state index in [2.05, 4.69) is 40.5 Å². The third kappa shape index (κ3) is 4.60. The van der Waals surface area contributed by atoms with Crippen molar-refractivity contribution in [2.45, 2.75) is 19.4 Å². The third-order valence-corrected chi connectivity index (χ3v) is 5.46. The lowest BCUT2D eigenvalue weighted by molar-refractivity contribution is 0.0954. The van der Waals surface area contributed by atoms with Crippen molar-refractivity contribution in [3.63, 3.8) is 0 Å². The largest absolute Gasteiger partial charge is 0.497 e. The van der Waals surface area contributed by atoms with E-state index in [1.807, 2.05) is 42.5 Å². The van der Waals surface area contributed by atoms with Crippen LogP contribution in [-0.4, -0.2) is 26.1 Å². The molecule has 4 nitrogen and oxygen atoms in total. The minimum atomic E-state index is -0.0298. The van der Waals surface area contributed by atoms with Crippen LogP contribution >= 0.6 is 0 Å². The van der Waals surface area contributed by atoms with Gasteiger partial charge in [0.2, 0.25) is 0 Å². The normalized spacial score (nSPS) is 12.9. The predicted octanol–water partition coefficient (Wildman–Crippen LogP) is 4.23.